The summed E-state index contributed by atoms with van der Waals surface area (Å²) in [5.41, 5.74) is 2.41. The summed E-state index contributed by atoms with van der Waals surface area (Å²) < 4.78 is 0. The zero-order chi connectivity index (χ0) is 13.3. The normalized spacial score (nSPS) is 10.4. The molecule has 0 unspecified atom stereocenters. The SMILES string of the molecule is Cc1ccc(-c2cnc(Cl)c(C(=O)O)c2)cc1Cl. The second-order valence-electron chi connectivity index (χ2n) is 3.83. The fraction of sp³-hybridized carbons (Fsp3) is 0.0769. The molecule has 1 aromatic carbocycles. The first kappa shape index (κ1) is 12.9. The molecule has 0 atom stereocenters. The van der Waals surface area contributed by atoms with E-state index in [-0.39, 0.29) is 10.7 Å². The van der Waals surface area contributed by atoms with Crippen LogP contribution in [0.4, 0.5) is 0 Å². The first-order valence-electron chi connectivity index (χ1n) is 5.14. The van der Waals surface area contributed by atoms with Crippen LogP contribution < -0.4 is 0 Å². The van der Waals surface area contributed by atoms with E-state index in [0.29, 0.717) is 10.6 Å². The van der Waals surface area contributed by atoms with Crippen molar-refractivity contribution in [2.24, 2.45) is 0 Å². The van der Waals surface area contributed by atoms with Crippen LogP contribution in [-0.4, -0.2) is 16.1 Å². The minimum Gasteiger partial charge on any atom is -0.478 e. The average Bonchev–Trinajstić information content (AvgIpc) is 2.33. The number of rotatable bonds is 2. The molecule has 0 aliphatic heterocycles. The lowest BCUT2D eigenvalue weighted by Crippen LogP contribution is -1.99. The van der Waals surface area contributed by atoms with E-state index in [0.717, 1.165) is 11.1 Å². The molecule has 0 saturated carbocycles. The van der Waals surface area contributed by atoms with Gasteiger partial charge < -0.3 is 5.11 Å². The molecule has 0 bridgehead atoms. The van der Waals surface area contributed by atoms with Crippen molar-refractivity contribution >= 4 is 29.2 Å². The highest BCUT2D eigenvalue weighted by molar-refractivity contribution is 6.32. The maximum atomic E-state index is 11.0. The van der Waals surface area contributed by atoms with Crippen LogP contribution in [0.5, 0.6) is 0 Å². The topological polar surface area (TPSA) is 50.2 Å². The van der Waals surface area contributed by atoms with E-state index < -0.39 is 5.97 Å². The molecule has 0 aliphatic rings. The summed E-state index contributed by atoms with van der Waals surface area (Å²) in [5, 5.41) is 9.59. The van der Waals surface area contributed by atoms with Crippen LogP contribution in [0.15, 0.2) is 30.5 Å². The molecule has 0 radical (unpaired) electrons. The fourth-order valence-corrected chi connectivity index (χ4v) is 1.89. The van der Waals surface area contributed by atoms with Gasteiger partial charge in [-0.3, -0.25) is 0 Å². The van der Waals surface area contributed by atoms with Gasteiger partial charge in [0.25, 0.3) is 0 Å². The number of halogens is 2. The molecule has 0 saturated heterocycles. The molecule has 0 spiro atoms. The van der Waals surface area contributed by atoms with Crippen molar-refractivity contribution < 1.29 is 9.90 Å². The molecule has 3 nitrogen and oxygen atoms in total. The van der Waals surface area contributed by atoms with Gasteiger partial charge in [0.15, 0.2) is 0 Å². The number of hydrogen-bond donors (Lipinski definition) is 1. The molecular formula is C13H9Cl2NO2. The molecule has 0 amide bonds. The van der Waals surface area contributed by atoms with Gasteiger partial charge in [-0.15, -0.1) is 0 Å². The van der Waals surface area contributed by atoms with Gasteiger partial charge in [0.1, 0.15) is 5.15 Å². The van der Waals surface area contributed by atoms with Crippen molar-refractivity contribution in [1.82, 2.24) is 4.98 Å². The van der Waals surface area contributed by atoms with Crippen molar-refractivity contribution in [3.8, 4) is 11.1 Å². The molecule has 92 valence electrons. The van der Waals surface area contributed by atoms with Crippen LogP contribution >= 0.6 is 23.2 Å². The molecule has 5 heteroatoms. The molecule has 18 heavy (non-hydrogen) atoms. The molecule has 1 heterocycles. The second-order valence-corrected chi connectivity index (χ2v) is 4.60. The van der Waals surface area contributed by atoms with E-state index >= 15 is 0 Å². The van der Waals surface area contributed by atoms with Crippen molar-refractivity contribution in [2.45, 2.75) is 6.92 Å². The Morgan fingerprint density at radius 3 is 2.56 bits per heavy atom. The van der Waals surface area contributed by atoms with E-state index in [1.807, 2.05) is 19.1 Å². The van der Waals surface area contributed by atoms with E-state index in [1.54, 1.807) is 6.07 Å². The van der Waals surface area contributed by atoms with Gasteiger partial charge in [0.2, 0.25) is 0 Å². The summed E-state index contributed by atoms with van der Waals surface area (Å²) in [7, 11) is 0. The number of carbonyl (C=O) groups is 1. The molecule has 0 fully saturated rings. The van der Waals surface area contributed by atoms with Gasteiger partial charge >= 0.3 is 5.97 Å². The summed E-state index contributed by atoms with van der Waals surface area (Å²) in [6, 6.07) is 6.98. The third kappa shape index (κ3) is 2.47. The minimum absolute atomic E-state index is 0.0223. The lowest BCUT2D eigenvalue weighted by Gasteiger charge is -2.06. The Balaban J connectivity index is 2.54. The number of aryl methyl sites for hydroxylation is 1. The van der Waals surface area contributed by atoms with E-state index in [9.17, 15) is 4.79 Å². The standard InChI is InChI=1S/C13H9Cl2NO2/c1-7-2-3-8(5-11(7)14)9-4-10(13(17)18)12(15)16-6-9/h2-6H,1H3,(H,17,18). The highest BCUT2D eigenvalue weighted by atomic mass is 35.5. The summed E-state index contributed by atoms with van der Waals surface area (Å²) in [5.74, 6) is -1.10. The van der Waals surface area contributed by atoms with Crippen LogP contribution in [0, 0.1) is 6.92 Å². The maximum absolute atomic E-state index is 11.0. The van der Waals surface area contributed by atoms with Gasteiger partial charge in [-0.1, -0.05) is 35.3 Å². The summed E-state index contributed by atoms with van der Waals surface area (Å²) in [6.07, 6.45) is 1.52. The van der Waals surface area contributed by atoms with Gasteiger partial charge in [0, 0.05) is 16.8 Å². The van der Waals surface area contributed by atoms with Gasteiger partial charge in [-0.2, -0.15) is 0 Å². The van der Waals surface area contributed by atoms with Crippen molar-refractivity contribution in [1.29, 1.82) is 0 Å². The summed E-state index contributed by atoms with van der Waals surface area (Å²) in [6.45, 7) is 1.90. The number of benzene rings is 1. The third-order valence-corrected chi connectivity index (χ3v) is 3.28. The van der Waals surface area contributed by atoms with Gasteiger partial charge in [-0.25, -0.2) is 9.78 Å². The molecule has 1 N–H and O–H groups in total. The second kappa shape index (κ2) is 4.96. The Morgan fingerprint density at radius 2 is 1.94 bits per heavy atom. The smallest absolute Gasteiger partial charge is 0.338 e. The maximum Gasteiger partial charge on any atom is 0.338 e. The number of pyridine rings is 1. The van der Waals surface area contributed by atoms with Crippen molar-refractivity contribution in [3.05, 3.63) is 51.8 Å². The highest BCUT2D eigenvalue weighted by Gasteiger charge is 2.12. The lowest BCUT2D eigenvalue weighted by molar-refractivity contribution is 0.0696. The number of hydrogen-bond acceptors (Lipinski definition) is 2. The lowest BCUT2D eigenvalue weighted by atomic mass is 10.0. The van der Waals surface area contributed by atoms with Crippen LogP contribution in [0.2, 0.25) is 10.2 Å². The number of aromatic carboxylic acids is 1. The number of nitrogens with zero attached hydrogens (tertiary/aromatic N) is 1. The Hall–Kier alpha value is -1.58. The predicted octanol–water partition coefficient (Wildman–Crippen LogP) is 4.06. The van der Waals surface area contributed by atoms with Crippen LogP contribution in [0.1, 0.15) is 15.9 Å². The first-order chi connectivity index (χ1) is 8.49. The zero-order valence-electron chi connectivity index (χ0n) is 9.45. The van der Waals surface area contributed by atoms with Crippen LogP contribution in [-0.2, 0) is 0 Å². The fourth-order valence-electron chi connectivity index (χ4n) is 1.53. The molecule has 1 aromatic heterocycles. The van der Waals surface area contributed by atoms with Crippen LogP contribution in [0.25, 0.3) is 11.1 Å². The Bertz CT molecular complexity index is 626. The quantitative estimate of drug-likeness (QED) is 0.845. The Kier molecular flexibility index (Phi) is 3.55. The first-order valence-corrected chi connectivity index (χ1v) is 5.90. The molecule has 0 aliphatic carbocycles. The van der Waals surface area contributed by atoms with Crippen molar-refractivity contribution in [2.75, 3.05) is 0 Å². The van der Waals surface area contributed by atoms with E-state index in [4.69, 9.17) is 28.3 Å². The number of carboxylic acids is 1. The Morgan fingerprint density at radius 1 is 1.22 bits per heavy atom. The average molecular weight is 282 g/mol. The zero-order valence-corrected chi connectivity index (χ0v) is 11.0. The summed E-state index contributed by atoms with van der Waals surface area (Å²) >= 11 is 11.8. The predicted molar refractivity (Wildman–Crippen MR) is 71.4 cm³/mol. The molecule has 2 aromatic rings. The minimum atomic E-state index is -1.10. The molecule has 2 rings (SSSR count). The molecular weight excluding hydrogens is 273 g/mol. The monoisotopic (exact) mass is 281 g/mol. The van der Waals surface area contributed by atoms with E-state index in [2.05, 4.69) is 4.98 Å². The van der Waals surface area contributed by atoms with E-state index in [1.165, 1.54) is 12.3 Å². The highest BCUT2D eigenvalue weighted by Crippen LogP contribution is 2.27. The Labute approximate surface area is 114 Å². The van der Waals surface area contributed by atoms with Gasteiger partial charge in [0.05, 0.1) is 5.56 Å². The van der Waals surface area contributed by atoms with Crippen LogP contribution in [0.3, 0.4) is 0 Å². The van der Waals surface area contributed by atoms with Crippen molar-refractivity contribution in [3.63, 3.8) is 0 Å². The third-order valence-electron chi connectivity index (χ3n) is 2.57. The number of aromatic nitrogens is 1. The largest absolute Gasteiger partial charge is 0.478 e. The van der Waals surface area contributed by atoms with Gasteiger partial charge in [-0.05, 0) is 30.2 Å². The number of carboxylic acid groups (broad SMARTS) is 1. The summed E-state index contributed by atoms with van der Waals surface area (Å²) in [4.78, 5) is 14.8.